The first-order valence-electron chi connectivity index (χ1n) is 11.6. The van der Waals surface area contributed by atoms with Gasteiger partial charge in [0.2, 0.25) is 0 Å². The summed E-state index contributed by atoms with van der Waals surface area (Å²) >= 11 is 0. The Morgan fingerprint density at radius 2 is 1.79 bits per heavy atom. The van der Waals surface area contributed by atoms with Crippen LogP contribution in [-0.4, -0.2) is 27.2 Å². The maximum Gasteiger partial charge on any atom is 0.264 e. The minimum absolute atomic E-state index is 0.167. The second-order valence-corrected chi connectivity index (χ2v) is 10.9. The second kappa shape index (κ2) is 10.5. The first-order valence-corrected chi connectivity index (χ1v) is 13.0. The summed E-state index contributed by atoms with van der Waals surface area (Å²) in [5.74, 6) is 0.946. The van der Waals surface area contributed by atoms with Crippen LogP contribution in [0.2, 0.25) is 0 Å². The van der Waals surface area contributed by atoms with Crippen molar-refractivity contribution in [1.82, 2.24) is 5.16 Å². The van der Waals surface area contributed by atoms with Gasteiger partial charge in [-0.15, -0.1) is 0 Å². The molecule has 0 bridgehead atoms. The van der Waals surface area contributed by atoms with E-state index in [1.807, 2.05) is 65.1 Å². The summed E-state index contributed by atoms with van der Waals surface area (Å²) in [7, 11) is -1.80. The van der Waals surface area contributed by atoms with Gasteiger partial charge in [-0.05, 0) is 67.6 Å². The summed E-state index contributed by atoms with van der Waals surface area (Å²) < 4.78 is 34.3. The van der Waals surface area contributed by atoms with Crippen LogP contribution < -0.4 is 9.21 Å². The van der Waals surface area contributed by atoms with Crippen LogP contribution in [0.3, 0.4) is 0 Å². The predicted molar refractivity (Wildman–Crippen MR) is 140 cm³/mol. The smallest absolute Gasteiger partial charge is 0.264 e. The normalized spacial score (nSPS) is 11.6. The molecule has 3 rings (SSSR count). The van der Waals surface area contributed by atoms with Crippen molar-refractivity contribution in [3.63, 3.8) is 0 Å². The van der Waals surface area contributed by atoms with Crippen molar-refractivity contribution in [2.45, 2.75) is 52.5 Å². The van der Waals surface area contributed by atoms with Gasteiger partial charge < -0.3 is 9.42 Å². The van der Waals surface area contributed by atoms with Gasteiger partial charge in [0.05, 0.1) is 16.3 Å². The van der Waals surface area contributed by atoms with Gasteiger partial charge >= 0.3 is 0 Å². The molecule has 0 spiro atoms. The molecule has 1 aromatic heterocycles. The van der Waals surface area contributed by atoms with Gasteiger partial charge in [0.1, 0.15) is 5.76 Å². The lowest BCUT2D eigenvalue weighted by atomic mass is 10.1. The number of rotatable bonds is 10. The molecule has 0 saturated heterocycles. The minimum atomic E-state index is -3.77. The third-order valence-corrected chi connectivity index (χ3v) is 7.75. The third kappa shape index (κ3) is 5.36. The SMILES string of the molecule is C=Cc1cc(S(=O)(=O)N(CC(C)C)c2ccc(CC)cc2)ccc1N(C)Cc1c(C)noc1C. The third-order valence-electron chi connectivity index (χ3n) is 5.96. The quantitative estimate of drug-likeness (QED) is 0.356. The molecule has 7 heteroatoms. The maximum atomic E-state index is 13.8. The maximum absolute atomic E-state index is 13.8. The van der Waals surface area contributed by atoms with Crippen molar-refractivity contribution >= 4 is 27.5 Å². The Morgan fingerprint density at radius 1 is 1.12 bits per heavy atom. The fourth-order valence-corrected chi connectivity index (χ4v) is 5.62. The summed E-state index contributed by atoms with van der Waals surface area (Å²) in [5.41, 5.74) is 5.35. The number of aromatic nitrogens is 1. The largest absolute Gasteiger partial charge is 0.370 e. The molecule has 0 fully saturated rings. The zero-order chi connectivity index (χ0) is 25.0. The van der Waals surface area contributed by atoms with E-state index in [0.717, 1.165) is 34.7 Å². The van der Waals surface area contributed by atoms with Crippen LogP contribution in [0, 0.1) is 19.8 Å². The summed E-state index contributed by atoms with van der Waals surface area (Å²) in [6.07, 6.45) is 2.60. The Balaban J connectivity index is 1.98. The molecule has 0 saturated carbocycles. The average molecular weight is 482 g/mol. The first-order chi connectivity index (χ1) is 16.1. The molecule has 0 amide bonds. The standard InChI is InChI=1S/C27H35N3O3S/c1-8-22-10-12-24(13-11-22)30(17-19(3)4)34(31,32)25-14-15-27(23(9-2)16-25)29(7)18-26-20(5)28-33-21(26)6/h9-16,19H,2,8,17-18H2,1,3-7H3. The lowest BCUT2D eigenvalue weighted by molar-refractivity contribution is 0.392. The number of sulfonamides is 1. The number of anilines is 2. The molecule has 0 aliphatic carbocycles. The van der Waals surface area contributed by atoms with Crippen molar-refractivity contribution in [1.29, 1.82) is 0 Å². The van der Waals surface area contributed by atoms with Crippen molar-refractivity contribution in [3.05, 3.63) is 77.2 Å². The van der Waals surface area contributed by atoms with Crippen molar-refractivity contribution < 1.29 is 12.9 Å². The van der Waals surface area contributed by atoms with Crippen LogP contribution in [0.25, 0.3) is 6.08 Å². The molecular formula is C27H35N3O3S. The van der Waals surface area contributed by atoms with Gasteiger partial charge in [0.25, 0.3) is 10.0 Å². The Bertz CT molecular complexity index is 1230. The first kappa shape index (κ1) is 25.6. The monoisotopic (exact) mass is 481 g/mol. The van der Waals surface area contributed by atoms with Crippen LogP contribution in [0.5, 0.6) is 0 Å². The van der Waals surface area contributed by atoms with E-state index in [1.54, 1.807) is 18.2 Å². The van der Waals surface area contributed by atoms with E-state index in [9.17, 15) is 8.42 Å². The van der Waals surface area contributed by atoms with Gasteiger partial charge in [0.15, 0.2) is 0 Å². The van der Waals surface area contributed by atoms with E-state index in [0.29, 0.717) is 18.8 Å². The minimum Gasteiger partial charge on any atom is -0.370 e. The van der Waals surface area contributed by atoms with Crippen LogP contribution in [0.4, 0.5) is 11.4 Å². The molecule has 0 atom stereocenters. The highest BCUT2D eigenvalue weighted by Gasteiger charge is 2.27. The summed E-state index contributed by atoms with van der Waals surface area (Å²) in [5, 5.41) is 4.03. The van der Waals surface area contributed by atoms with Crippen molar-refractivity contribution in [2.24, 2.45) is 5.92 Å². The molecule has 0 aliphatic heterocycles. The fourth-order valence-electron chi connectivity index (χ4n) is 3.95. The Kier molecular flexibility index (Phi) is 7.87. The van der Waals surface area contributed by atoms with Gasteiger partial charge in [-0.3, -0.25) is 4.31 Å². The van der Waals surface area contributed by atoms with Crippen molar-refractivity contribution in [2.75, 3.05) is 22.8 Å². The van der Waals surface area contributed by atoms with Crippen molar-refractivity contribution in [3.8, 4) is 0 Å². The molecule has 0 N–H and O–H groups in total. The lowest BCUT2D eigenvalue weighted by Gasteiger charge is -2.27. The van der Waals surface area contributed by atoms with Crippen LogP contribution in [0.15, 0.2) is 58.5 Å². The van der Waals surface area contributed by atoms with Gasteiger partial charge in [-0.25, -0.2) is 8.42 Å². The molecule has 0 aliphatic rings. The molecule has 182 valence electrons. The van der Waals surface area contributed by atoms with Gasteiger partial charge in [-0.1, -0.05) is 50.7 Å². The van der Waals surface area contributed by atoms with Crippen LogP contribution >= 0.6 is 0 Å². The Labute approximate surface area is 203 Å². The number of hydrogen-bond acceptors (Lipinski definition) is 5. The number of aryl methyl sites for hydroxylation is 3. The van der Waals surface area contributed by atoms with Gasteiger partial charge in [-0.2, -0.15) is 0 Å². The molecule has 2 aromatic carbocycles. The second-order valence-electron chi connectivity index (χ2n) is 9.03. The fraction of sp³-hybridized carbons (Fsp3) is 0.370. The lowest BCUT2D eigenvalue weighted by Crippen LogP contribution is -2.34. The summed E-state index contributed by atoms with van der Waals surface area (Å²) in [4.78, 5) is 2.30. The molecule has 0 radical (unpaired) electrons. The highest BCUT2D eigenvalue weighted by Crippen LogP contribution is 2.30. The molecule has 3 aromatic rings. The van der Waals surface area contributed by atoms with E-state index >= 15 is 0 Å². The van der Waals surface area contributed by atoms with Crippen LogP contribution in [-0.2, 0) is 23.0 Å². The van der Waals surface area contributed by atoms with Gasteiger partial charge in [0, 0.05) is 31.4 Å². The molecule has 1 heterocycles. The van der Waals surface area contributed by atoms with Crippen LogP contribution in [0.1, 0.15) is 48.9 Å². The van der Waals surface area contributed by atoms with E-state index < -0.39 is 10.0 Å². The predicted octanol–water partition coefficient (Wildman–Crippen LogP) is 5.98. The molecule has 34 heavy (non-hydrogen) atoms. The van der Waals surface area contributed by atoms with E-state index in [4.69, 9.17) is 4.52 Å². The zero-order valence-corrected chi connectivity index (χ0v) is 21.8. The zero-order valence-electron chi connectivity index (χ0n) is 21.0. The Morgan fingerprint density at radius 3 is 2.32 bits per heavy atom. The highest BCUT2D eigenvalue weighted by atomic mass is 32.2. The summed E-state index contributed by atoms with van der Waals surface area (Å²) in [6, 6.07) is 13.0. The molecule has 0 unspecified atom stereocenters. The highest BCUT2D eigenvalue weighted by molar-refractivity contribution is 7.92. The summed E-state index contributed by atoms with van der Waals surface area (Å²) in [6.45, 7) is 14.9. The average Bonchev–Trinajstić information content (AvgIpc) is 3.14. The van der Waals surface area contributed by atoms with E-state index in [2.05, 4.69) is 23.6 Å². The van der Waals surface area contributed by atoms with E-state index in [1.165, 1.54) is 9.87 Å². The number of hydrogen-bond donors (Lipinski definition) is 0. The number of benzene rings is 2. The molecule has 6 nitrogen and oxygen atoms in total. The van der Waals surface area contributed by atoms with E-state index in [-0.39, 0.29) is 10.8 Å². The Hall–Kier alpha value is -3.06. The molecular weight excluding hydrogens is 446 g/mol. The number of nitrogens with zero attached hydrogens (tertiary/aromatic N) is 3. The topological polar surface area (TPSA) is 66.7 Å².